The van der Waals surface area contributed by atoms with Gasteiger partial charge in [-0.3, -0.25) is 4.79 Å². The molecule has 0 saturated carbocycles. The largest absolute Gasteiger partial charge is 0.394 e. The Labute approximate surface area is 317 Å². The van der Waals surface area contributed by atoms with Gasteiger partial charge in [-0.25, -0.2) is 0 Å². The smallest absolute Gasteiger partial charge is 0.220 e. The van der Waals surface area contributed by atoms with Crippen LogP contribution in [0, 0.1) is 0 Å². The van der Waals surface area contributed by atoms with Gasteiger partial charge in [-0.15, -0.1) is 0 Å². The van der Waals surface area contributed by atoms with Crippen molar-refractivity contribution in [3.63, 3.8) is 0 Å². The van der Waals surface area contributed by atoms with Crippen molar-refractivity contribution in [3.8, 4) is 0 Å². The molecule has 1 heterocycles. The highest BCUT2D eigenvalue weighted by atomic mass is 16.7. The molecule has 1 fully saturated rings. The lowest BCUT2D eigenvalue weighted by molar-refractivity contribution is -0.302. The van der Waals surface area contributed by atoms with E-state index in [0.29, 0.717) is 6.42 Å². The van der Waals surface area contributed by atoms with Crippen molar-refractivity contribution in [1.82, 2.24) is 5.32 Å². The lowest BCUT2D eigenvalue weighted by Crippen LogP contribution is -2.60. The molecule has 1 saturated heterocycles. The molecule has 0 spiro atoms. The van der Waals surface area contributed by atoms with Crippen LogP contribution in [-0.2, 0) is 14.3 Å². The molecule has 0 bridgehead atoms. The molecule has 0 aliphatic carbocycles. The third-order valence-electron chi connectivity index (χ3n) is 9.94. The molecule has 0 aromatic carbocycles. The molecule has 9 nitrogen and oxygen atoms in total. The maximum Gasteiger partial charge on any atom is 0.220 e. The predicted octanol–water partition coefficient (Wildman–Crippen LogP) is 8.11. The summed E-state index contributed by atoms with van der Waals surface area (Å²) in [5.41, 5.74) is 0. The number of aliphatic hydroxyl groups is 5. The van der Waals surface area contributed by atoms with Gasteiger partial charge in [-0.05, 0) is 51.4 Å². The highest BCUT2D eigenvalue weighted by Gasteiger charge is 2.44. The Bertz CT molecular complexity index is 910. The van der Waals surface area contributed by atoms with Crippen LogP contribution in [0.25, 0.3) is 0 Å². The van der Waals surface area contributed by atoms with Crippen molar-refractivity contribution >= 4 is 5.91 Å². The minimum atomic E-state index is -1.57. The van der Waals surface area contributed by atoms with Gasteiger partial charge in [-0.2, -0.15) is 0 Å². The Kier molecular flexibility index (Phi) is 31.6. The van der Waals surface area contributed by atoms with E-state index in [1.165, 1.54) is 89.9 Å². The van der Waals surface area contributed by atoms with E-state index >= 15 is 0 Å². The van der Waals surface area contributed by atoms with E-state index in [1.807, 2.05) is 6.08 Å². The van der Waals surface area contributed by atoms with Gasteiger partial charge in [0.15, 0.2) is 6.29 Å². The van der Waals surface area contributed by atoms with Crippen molar-refractivity contribution in [2.24, 2.45) is 0 Å². The Morgan fingerprint density at radius 1 is 0.635 bits per heavy atom. The van der Waals surface area contributed by atoms with Gasteiger partial charge in [0.25, 0.3) is 0 Å². The first-order valence-electron chi connectivity index (χ1n) is 21.2. The lowest BCUT2D eigenvalue weighted by Gasteiger charge is -2.40. The molecule has 6 N–H and O–H groups in total. The number of amides is 1. The Morgan fingerprint density at radius 2 is 1.12 bits per heavy atom. The van der Waals surface area contributed by atoms with Crippen LogP contribution in [0.5, 0.6) is 0 Å². The van der Waals surface area contributed by atoms with Crippen LogP contribution in [-0.4, -0.2) is 87.5 Å². The number of hydrogen-bond donors (Lipinski definition) is 6. The third kappa shape index (κ3) is 24.7. The number of unbranched alkanes of at least 4 members (excludes halogenated alkanes) is 20. The van der Waals surface area contributed by atoms with Gasteiger partial charge in [-0.1, -0.05) is 153 Å². The van der Waals surface area contributed by atoms with Crippen LogP contribution >= 0.6 is 0 Å². The quantitative estimate of drug-likeness (QED) is 0.0287. The first kappa shape index (κ1) is 48.4. The number of allylic oxidation sites excluding steroid dienone is 5. The zero-order valence-corrected chi connectivity index (χ0v) is 33.1. The van der Waals surface area contributed by atoms with Gasteiger partial charge < -0.3 is 40.3 Å². The fourth-order valence-electron chi connectivity index (χ4n) is 6.45. The van der Waals surface area contributed by atoms with Crippen molar-refractivity contribution in [1.29, 1.82) is 0 Å². The van der Waals surface area contributed by atoms with Gasteiger partial charge in [0.2, 0.25) is 5.91 Å². The molecule has 1 aliphatic rings. The summed E-state index contributed by atoms with van der Waals surface area (Å²) in [6, 6.07) is -0.822. The maximum atomic E-state index is 12.9. The number of carbonyl (C=O) groups excluding carboxylic acids is 1. The Morgan fingerprint density at radius 3 is 1.67 bits per heavy atom. The minimum Gasteiger partial charge on any atom is -0.394 e. The number of ether oxygens (including phenoxy) is 2. The van der Waals surface area contributed by atoms with Gasteiger partial charge in [0.1, 0.15) is 24.4 Å². The highest BCUT2D eigenvalue weighted by molar-refractivity contribution is 5.76. The van der Waals surface area contributed by atoms with Crippen molar-refractivity contribution in [3.05, 3.63) is 36.5 Å². The number of nitrogens with one attached hydrogen (secondary N) is 1. The van der Waals surface area contributed by atoms with E-state index in [2.05, 4.69) is 43.5 Å². The van der Waals surface area contributed by atoms with Crippen molar-refractivity contribution < 1.29 is 39.8 Å². The molecule has 9 heteroatoms. The first-order chi connectivity index (χ1) is 25.3. The SMILES string of the molecule is CCCC/C=C\CCCCCCCC(=O)NC(COC1OC(CO)C(O)C(O)C1O)C(O)/C=C/CC/C=C/CCCCCCCCCCCCCC. The number of aliphatic hydroxyl groups excluding tert-OH is 5. The highest BCUT2D eigenvalue weighted by Crippen LogP contribution is 2.22. The number of carbonyl (C=O) groups is 1. The normalized spacial score (nSPS) is 22.2. The summed E-state index contributed by atoms with van der Waals surface area (Å²) in [6.07, 6.45) is 33.3. The molecule has 0 aromatic heterocycles. The average molecular weight is 738 g/mol. The molecule has 1 amide bonds. The second-order valence-corrected chi connectivity index (χ2v) is 14.8. The summed E-state index contributed by atoms with van der Waals surface area (Å²) in [5.74, 6) is -0.200. The summed E-state index contributed by atoms with van der Waals surface area (Å²) < 4.78 is 11.2. The van der Waals surface area contributed by atoms with E-state index in [1.54, 1.807) is 6.08 Å². The third-order valence-corrected chi connectivity index (χ3v) is 9.94. The molecular formula is C43H79NO8. The molecule has 0 aromatic rings. The molecular weight excluding hydrogens is 658 g/mol. The summed E-state index contributed by atoms with van der Waals surface area (Å²) >= 11 is 0. The topological polar surface area (TPSA) is 149 Å². The van der Waals surface area contributed by atoms with E-state index in [4.69, 9.17) is 9.47 Å². The number of rotatable bonds is 34. The van der Waals surface area contributed by atoms with Gasteiger partial charge in [0, 0.05) is 6.42 Å². The zero-order chi connectivity index (χ0) is 38.1. The second kappa shape index (κ2) is 33.9. The van der Waals surface area contributed by atoms with Crippen LogP contribution in [0.3, 0.4) is 0 Å². The summed E-state index contributed by atoms with van der Waals surface area (Å²) in [5, 5.41) is 54.0. The fraction of sp³-hybridized carbons (Fsp3) is 0.837. The molecule has 1 aliphatic heterocycles. The molecule has 52 heavy (non-hydrogen) atoms. The first-order valence-corrected chi connectivity index (χ1v) is 21.2. The molecule has 0 radical (unpaired) electrons. The predicted molar refractivity (Wildman–Crippen MR) is 212 cm³/mol. The monoisotopic (exact) mass is 738 g/mol. The summed E-state index contributed by atoms with van der Waals surface area (Å²) in [6.45, 7) is 3.69. The molecule has 7 atom stereocenters. The molecule has 304 valence electrons. The van der Waals surface area contributed by atoms with Crippen LogP contribution in [0.2, 0.25) is 0 Å². The molecule has 1 rings (SSSR count). The van der Waals surface area contributed by atoms with E-state index < -0.39 is 49.5 Å². The fourth-order valence-corrected chi connectivity index (χ4v) is 6.45. The lowest BCUT2D eigenvalue weighted by atomic mass is 9.99. The Balaban J connectivity index is 2.42. The van der Waals surface area contributed by atoms with E-state index in [9.17, 15) is 30.3 Å². The summed E-state index contributed by atoms with van der Waals surface area (Å²) in [4.78, 5) is 12.9. The van der Waals surface area contributed by atoms with Gasteiger partial charge in [0.05, 0.1) is 25.4 Å². The Hall–Kier alpha value is -1.59. The second-order valence-electron chi connectivity index (χ2n) is 14.8. The van der Waals surface area contributed by atoms with Crippen molar-refractivity contribution in [2.45, 2.75) is 217 Å². The zero-order valence-electron chi connectivity index (χ0n) is 33.1. The van der Waals surface area contributed by atoms with E-state index in [-0.39, 0.29) is 12.5 Å². The van der Waals surface area contributed by atoms with Crippen LogP contribution in [0.15, 0.2) is 36.5 Å². The minimum absolute atomic E-state index is 0.200. The number of hydrogen-bond acceptors (Lipinski definition) is 8. The maximum absolute atomic E-state index is 12.9. The van der Waals surface area contributed by atoms with E-state index in [0.717, 1.165) is 64.2 Å². The van der Waals surface area contributed by atoms with Crippen LogP contribution in [0.4, 0.5) is 0 Å². The van der Waals surface area contributed by atoms with Crippen LogP contribution < -0.4 is 5.32 Å². The van der Waals surface area contributed by atoms with Gasteiger partial charge >= 0.3 is 0 Å². The molecule has 7 unspecified atom stereocenters. The van der Waals surface area contributed by atoms with Crippen molar-refractivity contribution in [2.75, 3.05) is 13.2 Å². The standard InChI is InChI=1S/C43H79NO8/c1-3-5-7-9-11-13-15-16-17-18-19-20-21-23-24-26-28-30-32-37(46)36(35-51-43-42(50)41(49)40(48)38(34-45)52-43)44-39(47)33-31-29-27-25-22-14-12-10-8-6-4-2/h10,12,23-24,30,32,36-38,40-43,45-46,48-50H,3-9,11,13-22,25-29,31,33-35H2,1-2H3,(H,44,47)/b12-10-,24-23+,32-30+. The van der Waals surface area contributed by atoms with Crippen LogP contribution in [0.1, 0.15) is 174 Å². The average Bonchev–Trinajstić information content (AvgIpc) is 3.14. The summed E-state index contributed by atoms with van der Waals surface area (Å²) in [7, 11) is 0.